The highest BCUT2D eigenvalue weighted by Crippen LogP contribution is 2.29. The van der Waals surface area contributed by atoms with Gasteiger partial charge in [-0.3, -0.25) is 18.9 Å². The van der Waals surface area contributed by atoms with Crippen LogP contribution in [0.15, 0.2) is 17.6 Å². The number of carbonyl (C=O) groups excluding carboxylic acids is 2. The molecule has 3 aromatic rings. The van der Waals surface area contributed by atoms with Gasteiger partial charge in [-0.2, -0.15) is 0 Å². The second-order valence-corrected chi connectivity index (χ2v) is 8.51. The van der Waals surface area contributed by atoms with Crippen LogP contribution in [0.25, 0.3) is 15.3 Å². The number of hydrogen-bond donors (Lipinski definition) is 0. The summed E-state index contributed by atoms with van der Waals surface area (Å²) < 4.78 is 2.03. The fraction of sp³-hybridized carbons (Fsp3) is 0.500. The van der Waals surface area contributed by atoms with Gasteiger partial charge in [0.2, 0.25) is 5.91 Å². The third-order valence-electron chi connectivity index (χ3n) is 5.09. The molecular formula is C18H23N5O2S2. The van der Waals surface area contributed by atoms with Crippen molar-refractivity contribution in [3.05, 3.63) is 22.5 Å². The molecule has 0 spiro atoms. The minimum Gasteiger partial charge on any atom is -0.342 e. The first kappa shape index (κ1) is 18.4. The molecular weight excluding hydrogens is 382 g/mol. The number of likely N-dealkylation sites (N-methyl/N-ethyl adjacent to an activating group) is 1. The maximum absolute atomic E-state index is 12.9. The summed E-state index contributed by atoms with van der Waals surface area (Å²) in [7, 11) is 0. The molecule has 1 fully saturated rings. The fourth-order valence-electron chi connectivity index (χ4n) is 3.49. The molecule has 0 bridgehead atoms. The molecule has 1 aliphatic heterocycles. The zero-order chi connectivity index (χ0) is 19.0. The van der Waals surface area contributed by atoms with Crippen LogP contribution in [0.5, 0.6) is 0 Å². The Morgan fingerprint density at radius 3 is 2.63 bits per heavy atom. The van der Waals surface area contributed by atoms with E-state index in [-0.39, 0.29) is 11.8 Å². The lowest BCUT2D eigenvalue weighted by Crippen LogP contribution is -2.51. The van der Waals surface area contributed by atoms with Crippen LogP contribution in [0.4, 0.5) is 0 Å². The number of piperazine rings is 1. The van der Waals surface area contributed by atoms with Crippen LogP contribution in [0.3, 0.4) is 0 Å². The predicted molar refractivity (Wildman–Crippen MR) is 109 cm³/mol. The summed E-state index contributed by atoms with van der Waals surface area (Å²) in [5.41, 5.74) is 1.00. The van der Waals surface area contributed by atoms with Crippen molar-refractivity contribution in [1.82, 2.24) is 24.1 Å². The van der Waals surface area contributed by atoms with Crippen LogP contribution in [-0.4, -0.2) is 81.7 Å². The van der Waals surface area contributed by atoms with Crippen LogP contribution < -0.4 is 0 Å². The highest BCUT2D eigenvalue weighted by Gasteiger charge is 2.26. The number of hydrogen-bond acceptors (Lipinski definition) is 6. The molecule has 27 heavy (non-hydrogen) atoms. The van der Waals surface area contributed by atoms with E-state index in [2.05, 4.69) is 9.88 Å². The average molecular weight is 406 g/mol. The number of carbonyl (C=O) groups is 2. The van der Waals surface area contributed by atoms with Crippen molar-refractivity contribution < 1.29 is 9.59 Å². The number of thiophene rings is 1. The Balaban J connectivity index is 1.38. The summed E-state index contributed by atoms with van der Waals surface area (Å²) in [5, 5.41) is 2.00. The van der Waals surface area contributed by atoms with Crippen LogP contribution in [0, 0.1) is 0 Å². The molecule has 0 atom stereocenters. The molecule has 0 N–H and O–H groups in total. The zero-order valence-electron chi connectivity index (χ0n) is 15.6. The quantitative estimate of drug-likeness (QED) is 0.653. The Labute approximate surface area is 165 Å². The summed E-state index contributed by atoms with van der Waals surface area (Å²) in [6.45, 7) is 8.70. The van der Waals surface area contributed by atoms with Gasteiger partial charge in [0, 0.05) is 50.8 Å². The molecule has 4 rings (SSSR count). The monoisotopic (exact) mass is 405 g/mol. The Morgan fingerprint density at radius 2 is 1.93 bits per heavy atom. The largest absolute Gasteiger partial charge is 0.342 e. The first-order valence-electron chi connectivity index (χ1n) is 9.25. The fourth-order valence-corrected chi connectivity index (χ4v) is 5.25. The van der Waals surface area contributed by atoms with Crippen molar-refractivity contribution >= 4 is 49.8 Å². The van der Waals surface area contributed by atoms with Gasteiger partial charge in [0.05, 0.1) is 16.9 Å². The van der Waals surface area contributed by atoms with Gasteiger partial charge in [0.15, 0.2) is 4.96 Å². The number of aromatic nitrogens is 2. The van der Waals surface area contributed by atoms with E-state index in [0.29, 0.717) is 19.6 Å². The van der Waals surface area contributed by atoms with Gasteiger partial charge in [0.25, 0.3) is 5.91 Å². The molecule has 1 saturated heterocycles. The highest BCUT2D eigenvalue weighted by atomic mass is 32.1. The van der Waals surface area contributed by atoms with E-state index in [1.165, 1.54) is 11.3 Å². The molecule has 7 nitrogen and oxygen atoms in total. The van der Waals surface area contributed by atoms with Gasteiger partial charge < -0.3 is 9.80 Å². The molecule has 0 aromatic carbocycles. The summed E-state index contributed by atoms with van der Waals surface area (Å²) in [4.78, 5) is 38.2. The van der Waals surface area contributed by atoms with Gasteiger partial charge in [-0.15, -0.1) is 22.7 Å². The predicted octanol–water partition coefficient (Wildman–Crippen LogP) is 2.24. The van der Waals surface area contributed by atoms with Gasteiger partial charge in [0.1, 0.15) is 4.83 Å². The lowest BCUT2D eigenvalue weighted by molar-refractivity contribution is -0.132. The topological polar surface area (TPSA) is 61.2 Å². The van der Waals surface area contributed by atoms with Crippen LogP contribution >= 0.6 is 22.7 Å². The van der Waals surface area contributed by atoms with Crippen LogP contribution in [-0.2, 0) is 4.79 Å². The lowest BCUT2D eigenvalue weighted by atomic mass is 10.2. The van der Waals surface area contributed by atoms with Crippen molar-refractivity contribution in [3.8, 4) is 0 Å². The first-order valence-corrected chi connectivity index (χ1v) is 10.9. The van der Waals surface area contributed by atoms with Crippen LogP contribution in [0.2, 0.25) is 0 Å². The third kappa shape index (κ3) is 3.46. The van der Waals surface area contributed by atoms with Gasteiger partial charge in [-0.1, -0.05) is 0 Å². The lowest BCUT2D eigenvalue weighted by Gasteiger charge is -2.35. The summed E-state index contributed by atoms with van der Waals surface area (Å²) >= 11 is 3.06. The van der Waals surface area contributed by atoms with Gasteiger partial charge >= 0.3 is 0 Å². The maximum atomic E-state index is 12.9. The Hall–Kier alpha value is -1.97. The van der Waals surface area contributed by atoms with Crippen molar-refractivity contribution in [3.63, 3.8) is 0 Å². The van der Waals surface area contributed by atoms with Crippen LogP contribution in [0.1, 0.15) is 23.5 Å². The Morgan fingerprint density at radius 1 is 1.19 bits per heavy atom. The van der Waals surface area contributed by atoms with Crippen molar-refractivity contribution in [1.29, 1.82) is 0 Å². The highest BCUT2D eigenvalue weighted by molar-refractivity contribution is 7.21. The molecule has 3 aromatic heterocycles. The van der Waals surface area contributed by atoms with E-state index < -0.39 is 0 Å². The summed E-state index contributed by atoms with van der Waals surface area (Å²) in [6, 6.07) is 1.95. The zero-order valence-corrected chi connectivity index (χ0v) is 17.2. The van der Waals surface area contributed by atoms with Crippen molar-refractivity contribution in [2.75, 3.05) is 45.8 Å². The molecule has 0 unspecified atom stereocenters. The van der Waals surface area contributed by atoms with E-state index >= 15 is 0 Å². The van der Waals surface area contributed by atoms with Gasteiger partial charge in [-0.25, -0.2) is 4.98 Å². The van der Waals surface area contributed by atoms with Crippen molar-refractivity contribution in [2.45, 2.75) is 13.8 Å². The molecule has 144 valence electrons. The van der Waals surface area contributed by atoms with E-state index in [0.717, 1.165) is 46.4 Å². The molecule has 2 amide bonds. The smallest absolute Gasteiger partial charge is 0.264 e. The Bertz CT molecular complexity index is 963. The minimum absolute atomic E-state index is 0.0664. The second kappa shape index (κ2) is 7.57. The average Bonchev–Trinajstić information content (AvgIpc) is 3.35. The molecule has 0 aliphatic carbocycles. The number of fused-ring (bicyclic) bond motifs is 3. The number of rotatable bonds is 5. The number of thiazole rings is 1. The molecule has 0 radical (unpaired) electrons. The first-order chi connectivity index (χ1) is 13.1. The number of nitrogens with zero attached hydrogens (tertiary/aromatic N) is 5. The van der Waals surface area contributed by atoms with Crippen molar-refractivity contribution in [2.24, 2.45) is 0 Å². The molecule has 4 heterocycles. The third-order valence-corrected chi connectivity index (χ3v) is 6.85. The van der Waals surface area contributed by atoms with E-state index in [1.54, 1.807) is 11.3 Å². The molecule has 1 aliphatic rings. The summed E-state index contributed by atoms with van der Waals surface area (Å²) in [5.74, 6) is 0.233. The maximum Gasteiger partial charge on any atom is 0.264 e. The normalized spacial score (nSPS) is 15.7. The summed E-state index contributed by atoms with van der Waals surface area (Å²) in [6.07, 6.45) is 1.99. The van der Waals surface area contributed by atoms with Gasteiger partial charge in [-0.05, 0) is 19.9 Å². The number of imidazole rings is 1. The second-order valence-electron chi connectivity index (χ2n) is 6.60. The minimum atomic E-state index is 0.0664. The number of amides is 2. The molecule has 0 saturated carbocycles. The Kier molecular flexibility index (Phi) is 5.16. The van der Waals surface area contributed by atoms with E-state index in [4.69, 9.17) is 0 Å². The standard InChI is InChI=1S/C18H23N5O2S2/c1-3-21(4-2)15(24)12-20-5-7-22(8-6-20)17(25)14-11-13-16(27-14)19-18-23(13)9-10-26-18/h9-11H,3-8,12H2,1-2H3. The molecule has 9 heteroatoms. The SMILES string of the molecule is CCN(CC)C(=O)CN1CCN(C(=O)c2cc3c(nc4sccn43)s2)CC1. The van der Waals surface area contributed by atoms with E-state index in [1.807, 2.05) is 45.7 Å². The van der Waals surface area contributed by atoms with E-state index in [9.17, 15) is 9.59 Å².